The topological polar surface area (TPSA) is 76.9 Å². The molecule has 0 saturated carbocycles. The van der Waals surface area contributed by atoms with Gasteiger partial charge in [-0.2, -0.15) is 5.10 Å². The van der Waals surface area contributed by atoms with Crippen molar-refractivity contribution < 1.29 is 13.6 Å². The highest BCUT2D eigenvalue weighted by molar-refractivity contribution is 5.92. The lowest BCUT2D eigenvalue weighted by Crippen LogP contribution is -2.44. The highest BCUT2D eigenvalue weighted by Crippen LogP contribution is 2.18. The van der Waals surface area contributed by atoms with Crippen molar-refractivity contribution in [3.8, 4) is 11.3 Å². The summed E-state index contributed by atoms with van der Waals surface area (Å²) in [5.41, 5.74) is 0.571. The third kappa shape index (κ3) is 4.90. The molecule has 1 N–H and O–H groups in total. The van der Waals surface area contributed by atoms with Crippen molar-refractivity contribution in [1.29, 1.82) is 0 Å². The number of benzene rings is 1. The molecule has 0 fully saturated rings. The highest BCUT2D eigenvalue weighted by Gasteiger charge is 2.20. The van der Waals surface area contributed by atoms with Crippen LogP contribution in [0.4, 0.5) is 8.78 Å². The molecule has 8 heteroatoms. The molecule has 3 aromatic rings. The van der Waals surface area contributed by atoms with Gasteiger partial charge >= 0.3 is 0 Å². The fraction of sp³-hybridized carbons (Fsp3) is 0.238. The van der Waals surface area contributed by atoms with E-state index in [0.29, 0.717) is 11.3 Å². The van der Waals surface area contributed by atoms with Gasteiger partial charge in [0.2, 0.25) is 0 Å². The van der Waals surface area contributed by atoms with Crippen molar-refractivity contribution in [2.24, 2.45) is 5.92 Å². The molecule has 1 amide bonds. The zero-order valence-electron chi connectivity index (χ0n) is 16.0. The van der Waals surface area contributed by atoms with Crippen molar-refractivity contribution in [2.75, 3.05) is 0 Å². The molecule has 0 spiro atoms. The molecule has 2 heterocycles. The van der Waals surface area contributed by atoms with E-state index in [-0.39, 0.29) is 29.6 Å². The third-order valence-electron chi connectivity index (χ3n) is 4.47. The van der Waals surface area contributed by atoms with Gasteiger partial charge in [0, 0.05) is 17.8 Å². The standard InChI is InChI=1S/C21H20F2N4O2/c1-13(2)19(25-21(29)18-5-3-4-10-24-18)12-27-20(28)9-8-17(26-27)14-6-7-15(22)16(23)11-14/h3-11,13,19H,12H2,1-2H3,(H,25,29)/t19-/m1/s1. The summed E-state index contributed by atoms with van der Waals surface area (Å²) in [6.07, 6.45) is 1.52. The normalized spacial score (nSPS) is 12.0. The fourth-order valence-electron chi connectivity index (χ4n) is 2.74. The minimum atomic E-state index is -0.996. The first-order valence-corrected chi connectivity index (χ1v) is 9.10. The lowest BCUT2D eigenvalue weighted by Gasteiger charge is -2.22. The summed E-state index contributed by atoms with van der Waals surface area (Å²) in [6, 6.07) is 10.8. The molecule has 1 aromatic carbocycles. The number of hydrogen-bond donors (Lipinski definition) is 1. The summed E-state index contributed by atoms with van der Waals surface area (Å²) in [5, 5.41) is 7.14. The van der Waals surface area contributed by atoms with E-state index in [2.05, 4.69) is 15.4 Å². The van der Waals surface area contributed by atoms with Crippen LogP contribution >= 0.6 is 0 Å². The van der Waals surface area contributed by atoms with Crippen molar-refractivity contribution in [2.45, 2.75) is 26.4 Å². The van der Waals surface area contributed by atoms with Crippen LogP contribution in [0.5, 0.6) is 0 Å². The highest BCUT2D eigenvalue weighted by atomic mass is 19.2. The van der Waals surface area contributed by atoms with E-state index in [1.165, 1.54) is 29.1 Å². The summed E-state index contributed by atoms with van der Waals surface area (Å²) in [4.78, 5) is 28.7. The van der Waals surface area contributed by atoms with Crippen molar-refractivity contribution >= 4 is 5.91 Å². The molecule has 150 valence electrons. The summed E-state index contributed by atoms with van der Waals surface area (Å²) >= 11 is 0. The Hall–Kier alpha value is -3.42. The molecule has 0 radical (unpaired) electrons. The summed E-state index contributed by atoms with van der Waals surface area (Å²) in [6.45, 7) is 3.94. The first-order valence-electron chi connectivity index (χ1n) is 9.10. The summed E-state index contributed by atoms with van der Waals surface area (Å²) in [5.74, 6) is -2.30. The minimum absolute atomic E-state index is 0.00304. The quantitative estimate of drug-likeness (QED) is 0.692. The number of carbonyl (C=O) groups excluding carboxylic acids is 1. The van der Waals surface area contributed by atoms with Gasteiger partial charge in [0.15, 0.2) is 11.6 Å². The van der Waals surface area contributed by atoms with Crippen molar-refractivity contribution in [3.63, 3.8) is 0 Å². The second kappa shape index (κ2) is 8.72. The first kappa shape index (κ1) is 20.3. The maximum Gasteiger partial charge on any atom is 0.270 e. The molecular formula is C21H20F2N4O2. The van der Waals surface area contributed by atoms with Gasteiger partial charge in [0.25, 0.3) is 11.5 Å². The number of aromatic nitrogens is 3. The number of amides is 1. The van der Waals surface area contributed by atoms with E-state index in [1.54, 1.807) is 18.2 Å². The molecule has 1 atom stereocenters. The largest absolute Gasteiger partial charge is 0.346 e. The molecule has 0 aliphatic heterocycles. The van der Waals surface area contributed by atoms with Crippen LogP contribution in [-0.4, -0.2) is 26.7 Å². The Balaban J connectivity index is 1.85. The molecule has 2 aromatic heterocycles. The Labute approximate surface area is 166 Å². The minimum Gasteiger partial charge on any atom is -0.346 e. The maximum absolute atomic E-state index is 13.5. The van der Waals surface area contributed by atoms with E-state index in [1.807, 2.05) is 13.8 Å². The predicted octanol–water partition coefficient (Wildman–Crippen LogP) is 3.04. The molecule has 0 bridgehead atoms. The van der Waals surface area contributed by atoms with Gasteiger partial charge in [0.05, 0.1) is 18.3 Å². The SMILES string of the molecule is CC(C)[C@@H](Cn1nc(-c2ccc(F)c(F)c2)ccc1=O)NC(=O)c1ccccn1. The Morgan fingerprint density at radius 3 is 2.55 bits per heavy atom. The van der Waals surface area contributed by atoms with Crippen LogP contribution in [0, 0.1) is 17.6 Å². The van der Waals surface area contributed by atoms with Gasteiger partial charge in [-0.1, -0.05) is 19.9 Å². The molecular weight excluding hydrogens is 378 g/mol. The van der Waals surface area contributed by atoms with Crippen LogP contribution in [0.1, 0.15) is 24.3 Å². The fourth-order valence-corrected chi connectivity index (χ4v) is 2.74. The second-order valence-electron chi connectivity index (χ2n) is 6.91. The number of hydrogen-bond acceptors (Lipinski definition) is 4. The number of carbonyl (C=O) groups is 1. The van der Waals surface area contributed by atoms with E-state index >= 15 is 0 Å². The van der Waals surface area contributed by atoms with Crippen molar-refractivity contribution in [3.05, 3.63) is 82.4 Å². The first-order chi connectivity index (χ1) is 13.8. The summed E-state index contributed by atoms with van der Waals surface area (Å²) in [7, 11) is 0. The van der Waals surface area contributed by atoms with Crippen LogP contribution in [0.3, 0.4) is 0 Å². The zero-order valence-corrected chi connectivity index (χ0v) is 16.0. The van der Waals surface area contributed by atoms with Crippen LogP contribution in [0.2, 0.25) is 0 Å². The Kier molecular flexibility index (Phi) is 6.11. The van der Waals surface area contributed by atoms with Gasteiger partial charge in [-0.15, -0.1) is 0 Å². The van der Waals surface area contributed by atoms with Crippen LogP contribution in [-0.2, 0) is 6.54 Å². The molecule has 6 nitrogen and oxygen atoms in total. The van der Waals surface area contributed by atoms with Gasteiger partial charge in [-0.3, -0.25) is 14.6 Å². The average Bonchev–Trinajstić information content (AvgIpc) is 2.71. The Bertz CT molecular complexity index is 1070. The molecule has 0 aliphatic carbocycles. The Morgan fingerprint density at radius 2 is 1.90 bits per heavy atom. The van der Waals surface area contributed by atoms with E-state index in [4.69, 9.17) is 0 Å². The lowest BCUT2D eigenvalue weighted by atomic mass is 10.0. The van der Waals surface area contributed by atoms with Crippen LogP contribution in [0.25, 0.3) is 11.3 Å². The average molecular weight is 398 g/mol. The molecule has 0 unspecified atom stereocenters. The van der Waals surface area contributed by atoms with Crippen molar-refractivity contribution in [1.82, 2.24) is 20.1 Å². The predicted molar refractivity (Wildman–Crippen MR) is 104 cm³/mol. The van der Waals surface area contributed by atoms with Crippen LogP contribution < -0.4 is 10.9 Å². The molecule has 3 rings (SSSR count). The third-order valence-corrected chi connectivity index (χ3v) is 4.47. The Morgan fingerprint density at radius 1 is 1.10 bits per heavy atom. The monoisotopic (exact) mass is 398 g/mol. The van der Waals surface area contributed by atoms with Gasteiger partial charge < -0.3 is 5.32 Å². The second-order valence-corrected chi connectivity index (χ2v) is 6.91. The number of nitrogens with zero attached hydrogens (tertiary/aromatic N) is 3. The summed E-state index contributed by atoms with van der Waals surface area (Å²) < 4.78 is 27.9. The molecule has 0 saturated heterocycles. The molecule has 29 heavy (non-hydrogen) atoms. The zero-order chi connectivity index (χ0) is 21.0. The van der Waals surface area contributed by atoms with Gasteiger partial charge in [-0.05, 0) is 42.3 Å². The number of rotatable bonds is 6. The van der Waals surface area contributed by atoms with E-state index < -0.39 is 17.7 Å². The maximum atomic E-state index is 13.5. The van der Waals surface area contributed by atoms with E-state index in [0.717, 1.165) is 12.1 Å². The smallest absolute Gasteiger partial charge is 0.270 e. The van der Waals surface area contributed by atoms with Gasteiger partial charge in [-0.25, -0.2) is 13.5 Å². The number of halogens is 2. The van der Waals surface area contributed by atoms with Gasteiger partial charge in [0.1, 0.15) is 5.69 Å². The van der Waals surface area contributed by atoms with E-state index in [9.17, 15) is 18.4 Å². The number of nitrogens with one attached hydrogen (secondary N) is 1. The lowest BCUT2D eigenvalue weighted by molar-refractivity contribution is 0.0913. The molecule has 0 aliphatic rings. The number of pyridine rings is 1. The van der Waals surface area contributed by atoms with Crippen LogP contribution in [0.15, 0.2) is 59.5 Å².